The van der Waals surface area contributed by atoms with E-state index in [4.69, 9.17) is 9.52 Å². The average Bonchev–Trinajstić information content (AvgIpc) is 2.94. The molecule has 1 N–H and O–H groups in total. The molecule has 1 aliphatic rings. The molecule has 5 heteroatoms. The lowest BCUT2D eigenvalue weighted by Crippen LogP contribution is -2.20. The zero-order valence-electron chi connectivity index (χ0n) is 11.1. The molecule has 0 saturated heterocycles. The zero-order valence-corrected chi connectivity index (χ0v) is 11.1. The Hall–Kier alpha value is -3.21. The van der Waals surface area contributed by atoms with E-state index in [9.17, 15) is 14.4 Å². The summed E-state index contributed by atoms with van der Waals surface area (Å²) in [4.78, 5) is 36.3. The van der Waals surface area contributed by atoms with Crippen LogP contribution in [0.1, 0.15) is 42.2 Å². The molecule has 0 spiro atoms. The normalized spacial score (nSPS) is 13.1. The van der Waals surface area contributed by atoms with E-state index < -0.39 is 5.97 Å². The number of aromatic carboxylic acids is 1. The average molecular weight is 292 g/mol. The Morgan fingerprint density at radius 2 is 1.50 bits per heavy atom. The third kappa shape index (κ3) is 1.50. The molecule has 1 aliphatic carbocycles. The number of hydrogen-bond donors (Lipinski definition) is 1. The van der Waals surface area contributed by atoms with Crippen molar-refractivity contribution in [2.75, 3.05) is 0 Å². The van der Waals surface area contributed by atoms with Gasteiger partial charge >= 0.3 is 5.97 Å². The second-order valence-corrected chi connectivity index (χ2v) is 5.05. The lowest BCUT2D eigenvalue weighted by Gasteiger charge is -2.17. The number of benzene rings is 2. The fraction of sp³-hybridized carbons (Fsp3) is 0. The van der Waals surface area contributed by atoms with Crippen LogP contribution in [0.5, 0.6) is 0 Å². The van der Waals surface area contributed by atoms with Crippen molar-refractivity contribution >= 4 is 28.5 Å². The highest BCUT2D eigenvalue weighted by Gasteiger charge is 2.30. The highest BCUT2D eigenvalue weighted by Crippen LogP contribution is 2.32. The van der Waals surface area contributed by atoms with Crippen LogP contribution in [-0.4, -0.2) is 22.6 Å². The minimum Gasteiger partial charge on any atom is -0.478 e. The van der Waals surface area contributed by atoms with E-state index >= 15 is 0 Å². The van der Waals surface area contributed by atoms with Gasteiger partial charge in [-0.3, -0.25) is 9.59 Å². The van der Waals surface area contributed by atoms with Crippen molar-refractivity contribution in [1.29, 1.82) is 0 Å². The van der Waals surface area contributed by atoms with Crippen molar-refractivity contribution in [3.05, 3.63) is 70.5 Å². The fourth-order valence-electron chi connectivity index (χ4n) is 2.78. The van der Waals surface area contributed by atoms with Crippen LogP contribution in [0.25, 0.3) is 11.0 Å². The molecule has 0 atom stereocenters. The Bertz CT molecular complexity index is 993. The summed E-state index contributed by atoms with van der Waals surface area (Å²) in [6.45, 7) is 0. The molecule has 2 aromatic carbocycles. The van der Waals surface area contributed by atoms with Crippen LogP contribution in [-0.2, 0) is 0 Å². The van der Waals surface area contributed by atoms with Gasteiger partial charge in [0.05, 0.1) is 0 Å². The Balaban J connectivity index is 2.05. The third-order valence-electron chi connectivity index (χ3n) is 3.85. The molecule has 1 aromatic heterocycles. The molecule has 4 rings (SSSR count). The highest BCUT2D eigenvalue weighted by atomic mass is 16.4. The van der Waals surface area contributed by atoms with Crippen LogP contribution < -0.4 is 0 Å². The van der Waals surface area contributed by atoms with Gasteiger partial charge in [-0.1, -0.05) is 24.3 Å². The molecule has 0 radical (unpaired) electrons. The van der Waals surface area contributed by atoms with Gasteiger partial charge in [0.2, 0.25) is 0 Å². The Labute approximate surface area is 123 Å². The van der Waals surface area contributed by atoms with Gasteiger partial charge in [-0.2, -0.15) is 0 Å². The fourth-order valence-corrected chi connectivity index (χ4v) is 2.78. The molecular weight excluding hydrogens is 284 g/mol. The Morgan fingerprint density at radius 1 is 0.909 bits per heavy atom. The second-order valence-electron chi connectivity index (χ2n) is 5.05. The van der Waals surface area contributed by atoms with Gasteiger partial charge < -0.3 is 9.52 Å². The van der Waals surface area contributed by atoms with E-state index in [-0.39, 0.29) is 33.8 Å². The number of carboxylic acids is 1. The maximum Gasteiger partial charge on any atom is 0.339 e. The molecule has 0 unspecified atom stereocenters. The summed E-state index contributed by atoms with van der Waals surface area (Å²) in [6, 6.07) is 9.45. The minimum atomic E-state index is -1.14. The van der Waals surface area contributed by atoms with E-state index in [1.807, 2.05) is 0 Å². The molecule has 5 nitrogen and oxygen atoms in total. The largest absolute Gasteiger partial charge is 0.478 e. The molecule has 0 saturated carbocycles. The van der Waals surface area contributed by atoms with Crippen LogP contribution >= 0.6 is 0 Å². The zero-order chi connectivity index (χ0) is 15.4. The summed E-state index contributed by atoms with van der Waals surface area (Å²) in [5, 5.41) is 9.45. The summed E-state index contributed by atoms with van der Waals surface area (Å²) in [7, 11) is 0. The van der Waals surface area contributed by atoms with Crippen molar-refractivity contribution < 1.29 is 23.9 Å². The number of carboxylic acid groups (broad SMARTS) is 1. The van der Waals surface area contributed by atoms with Gasteiger partial charge in [0.25, 0.3) is 0 Å². The first-order chi connectivity index (χ1) is 10.6. The quantitative estimate of drug-likeness (QED) is 0.583. The lowest BCUT2D eigenvalue weighted by molar-refractivity contribution is 0.0697. The summed E-state index contributed by atoms with van der Waals surface area (Å²) >= 11 is 0. The summed E-state index contributed by atoms with van der Waals surface area (Å²) in [6.07, 6.45) is 1.11. The van der Waals surface area contributed by atoms with Crippen LogP contribution in [0.15, 0.2) is 47.1 Å². The summed E-state index contributed by atoms with van der Waals surface area (Å²) in [5.41, 5.74) is 1.38. The van der Waals surface area contributed by atoms with Crippen molar-refractivity contribution in [3.63, 3.8) is 0 Å². The van der Waals surface area contributed by atoms with Crippen LogP contribution in [0, 0.1) is 0 Å². The van der Waals surface area contributed by atoms with Crippen LogP contribution in [0.3, 0.4) is 0 Å². The number of furan rings is 1. The summed E-state index contributed by atoms with van der Waals surface area (Å²) in [5.74, 6) is -1.70. The maximum absolute atomic E-state index is 12.6. The molecule has 3 aromatic rings. The Morgan fingerprint density at radius 3 is 2.09 bits per heavy atom. The van der Waals surface area contributed by atoms with E-state index in [0.717, 1.165) is 6.26 Å². The molecule has 0 bridgehead atoms. The van der Waals surface area contributed by atoms with Gasteiger partial charge in [0.15, 0.2) is 11.6 Å². The molecule has 22 heavy (non-hydrogen) atoms. The maximum atomic E-state index is 12.6. The van der Waals surface area contributed by atoms with Crippen molar-refractivity contribution in [1.82, 2.24) is 0 Å². The molecular formula is C17H8O5. The number of hydrogen-bond acceptors (Lipinski definition) is 4. The summed E-state index contributed by atoms with van der Waals surface area (Å²) < 4.78 is 5.20. The predicted molar refractivity (Wildman–Crippen MR) is 76.5 cm³/mol. The Kier molecular flexibility index (Phi) is 2.36. The van der Waals surface area contributed by atoms with E-state index in [1.165, 1.54) is 12.1 Å². The minimum absolute atomic E-state index is 0.0306. The smallest absolute Gasteiger partial charge is 0.339 e. The van der Waals surface area contributed by atoms with E-state index in [2.05, 4.69) is 0 Å². The van der Waals surface area contributed by atoms with E-state index in [1.54, 1.807) is 24.3 Å². The number of carbonyl (C=O) groups excluding carboxylic acids is 2. The van der Waals surface area contributed by atoms with Gasteiger partial charge in [0, 0.05) is 27.6 Å². The molecule has 0 aliphatic heterocycles. The molecule has 0 amide bonds. The van der Waals surface area contributed by atoms with Crippen molar-refractivity contribution in [3.8, 4) is 0 Å². The first kappa shape index (κ1) is 12.5. The number of ketones is 2. The lowest BCUT2D eigenvalue weighted by atomic mass is 9.83. The second kappa shape index (κ2) is 4.14. The van der Waals surface area contributed by atoms with Gasteiger partial charge in [-0.15, -0.1) is 0 Å². The van der Waals surface area contributed by atoms with Crippen LogP contribution in [0.2, 0.25) is 0 Å². The molecule has 1 heterocycles. The molecule has 106 valence electrons. The number of fused-ring (bicyclic) bond motifs is 3. The third-order valence-corrected chi connectivity index (χ3v) is 3.85. The monoisotopic (exact) mass is 292 g/mol. The van der Waals surface area contributed by atoms with Crippen molar-refractivity contribution in [2.45, 2.75) is 0 Å². The predicted octanol–water partition coefficient (Wildman–Crippen LogP) is 2.91. The first-order valence-electron chi connectivity index (χ1n) is 6.55. The highest BCUT2D eigenvalue weighted by molar-refractivity contribution is 6.29. The van der Waals surface area contributed by atoms with Gasteiger partial charge in [-0.05, 0) is 12.1 Å². The number of rotatable bonds is 1. The van der Waals surface area contributed by atoms with Gasteiger partial charge in [0.1, 0.15) is 17.4 Å². The molecule has 0 fully saturated rings. The first-order valence-corrected chi connectivity index (χ1v) is 6.55. The number of carbonyl (C=O) groups is 3. The topological polar surface area (TPSA) is 84.6 Å². The van der Waals surface area contributed by atoms with E-state index in [0.29, 0.717) is 16.5 Å². The van der Waals surface area contributed by atoms with Gasteiger partial charge in [-0.25, -0.2) is 4.79 Å². The van der Waals surface area contributed by atoms with Crippen molar-refractivity contribution in [2.24, 2.45) is 0 Å². The SMILES string of the molecule is O=C1c2ccccc2C(=O)c2cc3c(C(=O)O)coc3cc21. The standard InChI is InChI=1S/C17H8O5/c18-15-8-3-1-2-4-9(8)16(19)12-6-14-10(5-11(12)15)13(7-22-14)17(20)21/h1-7H,(H,20,21). The van der Waals surface area contributed by atoms with Crippen LogP contribution in [0.4, 0.5) is 0 Å².